The molecule has 3 aliphatic rings. The van der Waals surface area contributed by atoms with E-state index in [1.165, 1.54) is 5.56 Å². The van der Waals surface area contributed by atoms with Crippen molar-refractivity contribution in [3.8, 4) is 17.1 Å². The SMILES string of the molecule is Cc1ccc(-n2c3cc(=NC4CC4)c(Nc4ccc(C)nc4)cc-3nc3ccccc32)cc1. The normalized spacial score (nSPS) is 14.2. The van der Waals surface area contributed by atoms with Crippen molar-refractivity contribution in [1.29, 1.82) is 0 Å². The predicted molar refractivity (Wildman–Crippen MR) is 133 cm³/mol. The molecule has 5 heteroatoms. The topological polar surface area (TPSA) is 55.1 Å². The van der Waals surface area contributed by atoms with E-state index < -0.39 is 0 Å². The number of hydrogen-bond donors (Lipinski definition) is 1. The summed E-state index contributed by atoms with van der Waals surface area (Å²) in [6.45, 7) is 4.11. The second-order valence-electron chi connectivity index (χ2n) is 8.80. The molecule has 2 aromatic carbocycles. The van der Waals surface area contributed by atoms with Gasteiger partial charge in [-0.3, -0.25) is 9.98 Å². The van der Waals surface area contributed by atoms with Crippen molar-refractivity contribution in [2.45, 2.75) is 32.7 Å². The fourth-order valence-corrected chi connectivity index (χ4v) is 4.12. The number of nitrogens with one attached hydrogen (secondary N) is 1. The summed E-state index contributed by atoms with van der Waals surface area (Å²) < 4.78 is 2.29. The summed E-state index contributed by atoms with van der Waals surface area (Å²) in [5.74, 6) is 0. The molecule has 1 aliphatic heterocycles. The molecule has 0 radical (unpaired) electrons. The first-order valence-electron chi connectivity index (χ1n) is 11.4. The molecule has 1 N–H and O–H groups in total. The molecule has 5 nitrogen and oxygen atoms in total. The summed E-state index contributed by atoms with van der Waals surface area (Å²) in [6.07, 6.45) is 4.16. The Morgan fingerprint density at radius 1 is 0.939 bits per heavy atom. The third-order valence-electron chi connectivity index (χ3n) is 6.05. The van der Waals surface area contributed by atoms with Crippen LogP contribution < -0.4 is 10.7 Å². The number of nitrogens with zero attached hydrogens (tertiary/aromatic N) is 4. The number of fused-ring (bicyclic) bond motifs is 2. The zero-order valence-electron chi connectivity index (χ0n) is 18.8. The molecule has 1 aromatic heterocycles. The highest BCUT2D eigenvalue weighted by atomic mass is 15.0. The van der Waals surface area contributed by atoms with Gasteiger partial charge in [-0.05, 0) is 75.2 Å². The van der Waals surface area contributed by atoms with Gasteiger partial charge in [0.25, 0.3) is 0 Å². The molecule has 162 valence electrons. The summed E-state index contributed by atoms with van der Waals surface area (Å²) in [5.41, 5.74) is 9.26. The number of rotatable bonds is 4. The lowest BCUT2D eigenvalue weighted by Gasteiger charge is -2.20. The van der Waals surface area contributed by atoms with Gasteiger partial charge in [0.05, 0.1) is 51.4 Å². The Hall–Kier alpha value is -3.99. The van der Waals surface area contributed by atoms with E-state index in [9.17, 15) is 0 Å². The molecule has 6 rings (SSSR count). The highest BCUT2D eigenvalue weighted by molar-refractivity contribution is 5.84. The monoisotopic (exact) mass is 431 g/mol. The molecule has 1 fully saturated rings. The molecule has 0 bridgehead atoms. The van der Waals surface area contributed by atoms with Crippen molar-refractivity contribution >= 4 is 22.4 Å². The zero-order valence-corrected chi connectivity index (χ0v) is 18.8. The lowest BCUT2D eigenvalue weighted by atomic mass is 10.1. The van der Waals surface area contributed by atoms with Crippen molar-refractivity contribution < 1.29 is 0 Å². The first-order chi connectivity index (χ1) is 16.1. The summed E-state index contributed by atoms with van der Waals surface area (Å²) >= 11 is 0. The van der Waals surface area contributed by atoms with Crippen LogP contribution in [-0.2, 0) is 0 Å². The van der Waals surface area contributed by atoms with Gasteiger partial charge in [0, 0.05) is 11.4 Å². The molecule has 2 aliphatic carbocycles. The van der Waals surface area contributed by atoms with E-state index in [1.807, 2.05) is 31.3 Å². The van der Waals surface area contributed by atoms with E-state index in [4.69, 9.17) is 9.98 Å². The van der Waals surface area contributed by atoms with Crippen LogP contribution in [-0.4, -0.2) is 20.6 Å². The molecule has 0 saturated heterocycles. The van der Waals surface area contributed by atoms with Gasteiger partial charge in [0.15, 0.2) is 0 Å². The van der Waals surface area contributed by atoms with Crippen molar-refractivity contribution in [3.63, 3.8) is 0 Å². The molecule has 0 amide bonds. The van der Waals surface area contributed by atoms with E-state index in [1.54, 1.807) is 0 Å². The molecule has 33 heavy (non-hydrogen) atoms. The minimum Gasteiger partial charge on any atom is -0.352 e. The van der Waals surface area contributed by atoms with Crippen LogP contribution in [0.25, 0.3) is 28.1 Å². The van der Waals surface area contributed by atoms with E-state index >= 15 is 0 Å². The van der Waals surface area contributed by atoms with Crippen molar-refractivity contribution in [1.82, 2.24) is 14.5 Å². The standard InChI is InChI=1S/C28H25N5/c1-18-7-13-22(14-8-18)33-27-6-4-3-5-23(27)32-26-15-24(31-21-10-9-19(2)29-17-21)25(16-28(26)33)30-20-11-12-20/h3-10,13-17,20,31H,11-12H2,1-2H3. The number of aromatic nitrogens is 3. The maximum atomic E-state index is 5.04. The van der Waals surface area contributed by atoms with Gasteiger partial charge in [-0.2, -0.15) is 0 Å². The van der Waals surface area contributed by atoms with E-state index in [0.29, 0.717) is 6.04 Å². The molecular formula is C28H25N5. The second-order valence-corrected chi connectivity index (χ2v) is 8.80. The van der Waals surface area contributed by atoms with Gasteiger partial charge in [-0.15, -0.1) is 0 Å². The van der Waals surface area contributed by atoms with Gasteiger partial charge >= 0.3 is 0 Å². The van der Waals surface area contributed by atoms with Crippen LogP contribution in [0.5, 0.6) is 0 Å². The molecular weight excluding hydrogens is 406 g/mol. The average Bonchev–Trinajstić information content (AvgIpc) is 3.64. The molecule has 0 spiro atoms. The smallest absolute Gasteiger partial charge is 0.0900 e. The summed E-state index contributed by atoms with van der Waals surface area (Å²) in [5, 5.41) is 4.50. The minimum atomic E-state index is 0.403. The lowest BCUT2D eigenvalue weighted by Crippen LogP contribution is -2.15. The van der Waals surface area contributed by atoms with Crippen LogP contribution in [0.15, 0.2) is 84.0 Å². The van der Waals surface area contributed by atoms with E-state index in [0.717, 1.165) is 63.4 Å². The van der Waals surface area contributed by atoms with Crippen molar-refractivity contribution in [2.75, 3.05) is 5.32 Å². The second kappa shape index (κ2) is 7.85. The third-order valence-corrected chi connectivity index (χ3v) is 6.05. The largest absolute Gasteiger partial charge is 0.352 e. The maximum absolute atomic E-state index is 5.04. The van der Waals surface area contributed by atoms with Crippen LogP contribution in [0.3, 0.4) is 0 Å². The highest BCUT2D eigenvalue weighted by Gasteiger charge is 2.21. The first-order valence-corrected chi connectivity index (χ1v) is 11.4. The third kappa shape index (κ3) is 3.87. The average molecular weight is 432 g/mol. The van der Waals surface area contributed by atoms with Crippen molar-refractivity contribution in [2.24, 2.45) is 4.99 Å². The zero-order chi connectivity index (χ0) is 22.4. The Bertz CT molecular complexity index is 1490. The molecule has 3 aromatic rings. The fraction of sp³-hybridized carbons (Fsp3) is 0.179. The number of pyridine rings is 1. The Morgan fingerprint density at radius 3 is 2.52 bits per heavy atom. The van der Waals surface area contributed by atoms with Crippen LogP contribution >= 0.6 is 0 Å². The van der Waals surface area contributed by atoms with Gasteiger partial charge in [-0.1, -0.05) is 29.8 Å². The quantitative estimate of drug-likeness (QED) is 0.358. The summed E-state index contributed by atoms with van der Waals surface area (Å²) in [7, 11) is 0. The minimum absolute atomic E-state index is 0.403. The molecule has 1 saturated carbocycles. The highest BCUT2D eigenvalue weighted by Crippen LogP contribution is 2.31. The number of para-hydroxylation sites is 2. The van der Waals surface area contributed by atoms with Gasteiger partial charge in [-0.25, -0.2) is 4.98 Å². The molecule has 0 unspecified atom stereocenters. The Balaban J connectivity index is 1.62. The lowest BCUT2D eigenvalue weighted by molar-refractivity contribution is 0.997. The van der Waals surface area contributed by atoms with Crippen LogP contribution in [0.1, 0.15) is 24.1 Å². The number of hydrogen-bond acceptors (Lipinski definition) is 4. The van der Waals surface area contributed by atoms with Crippen LogP contribution in [0.2, 0.25) is 0 Å². The molecule has 2 heterocycles. The number of anilines is 2. The summed E-state index contributed by atoms with van der Waals surface area (Å²) in [4.78, 5) is 14.5. The predicted octanol–water partition coefficient (Wildman–Crippen LogP) is 5.95. The number of aryl methyl sites for hydroxylation is 2. The van der Waals surface area contributed by atoms with E-state index in [-0.39, 0.29) is 0 Å². The summed E-state index contributed by atoms with van der Waals surface area (Å²) in [6, 6.07) is 25.7. The Kier molecular flexibility index (Phi) is 4.68. The Labute approximate surface area is 192 Å². The maximum Gasteiger partial charge on any atom is 0.0900 e. The van der Waals surface area contributed by atoms with Gasteiger partial charge in [0.2, 0.25) is 0 Å². The van der Waals surface area contributed by atoms with Gasteiger partial charge < -0.3 is 9.88 Å². The van der Waals surface area contributed by atoms with Crippen LogP contribution in [0.4, 0.5) is 11.4 Å². The Morgan fingerprint density at radius 2 is 1.76 bits per heavy atom. The van der Waals surface area contributed by atoms with Crippen LogP contribution in [0, 0.1) is 13.8 Å². The van der Waals surface area contributed by atoms with E-state index in [2.05, 4.69) is 76.4 Å². The fourth-order valence-electron chi connectivity index (χ4n) is 4.12. The first kappa shape index (κ1) is 19.7. The van der Waals surface area contributed by atoms with Gasteiger partial charge in [0.1, 0.15) is 0 Å². The van der Waals surface area contributed by atoms with Crippen molar-refractivity contribution in [3.05, 3.63) is 95.6 Å². The number of benzene rings is 3. The molecule has 0 atom stereocenters.